The Morgan fingerprint density at radius 2 is 2.05 bits per heavy atom. The lowest BCUT2D eigenvalue weighted by Crippen LogP contribution is -2.08. The predicted molar refractivity (Wildman–Crippen MR) is 83.4 cm³/mol. The van der Waals surface area contributed by atoms with Crippen molar-refractivity contribution in [1.29, 1.82) is 0 Å². The number of allylic oxidation sites excluding steroid dienone is 1. The first-order chi connectivity index (χ1) is 9.56. The van der Waals surface area contributed by atoms with Crippen LogP contribution in [0.3, 0.4) is 0 Å². The number of anilines is 1. The van der Waals surface area contributed by atoms with Crippen LogP contribution in [0.1, 0.15) is 16.0 Å². The topological polar surface area (TPSA) is 49.3 Å². The second-order valence-corrected chi connectivity index (χ2v) is 5.67. The molecule has 0 aliphatic carbocycles. The zero-order valence-electron chi connectivity index (χ0n) is 11.5. The summed E-state index contributed by atoms with van der Waals surface area (Å²) in [6, 6.07) is 7.55. The molecule has 0 fully saturated rings. The summed E-state index contributed by atoms with van der Waals surface area (Å²) in [5.41, 5.74) is 2.20. The van der Waals surface area contributed by atoms with E-state index in [9.17, 15) is 9.90 Å². The van der Waals surface area contributed by atoms with Gasteiger partial charge in [0.2, 0.25) is 5.91 Å². The minimum absolute atomic E-state index is 0.161. The number of carbonyl (C=O) groups is 1. The van der Waals surface area contributed by atoms with Crippen molar-refractivity contribution in [2.75, 3.05) is 5.32 Å². The molecule has 0 aliphatic heterocycles. The number of hydrogen-bond acceptors (Lipinski definition) is 3. The van der Waals surface area contributed by atoms with E-state index in [4.69, 9.17) is 0 Å². The number of phenols is 1. The second kappa shape index (κ2) is 6.39. The van der Waals surface area contributed by atoms with Crippen molar-refractivity contribution in [1.82, 2.24) is 0 Å². The molecule has 1 aromatic carbocycles. The molecule has 4 heteroatoms. The van der Waals surface area contributed by atoms with Crippen LogP contribution in [0.25, 0.3) is 0 Å². The fourth-order valence-corrected chi connectivity index (χ4v) is 2.60. The molecule has 104 valence electrons. The minimum Gasteiger partial charge on any atom is -0.507 e. The summed E-state index contributed by atoms with van der Waals surface area (Å²) in [5.74, 6) is 0.113. The molecule has 3 nitrogen and oxygen atoms in total. The Balaban J connectivity index is 1.96. The Hall–Kier alpha value is -2.07. The number of nitrogens with one attached hydrogen (secondary N) is 1. The second-order valence-electron chi connectivity index (χ2n) is 4.63. The molecule has 1 amide bonds. The van der Waals surface area contributed by atoms with Crippen LogP contribution in [0, 0.1) is 13.8 Å². The van der Waals surface area contributed by atoms with Crippen molar-refractivity contribution in [2.24, 2.45) is 0 Å². The molecular weight excluding hydrogens is 270 g/mol. The molecule has 2 aromatic rings. The van der Waals surface area contributed by atoms with Gasteiger partial charge in [-0.15, -0.1) is 11.3 Å². The summed E-state index contributed by atoms with van der Waals surface area (Å²) in [6.45, 7) is 3.62. The Morgan fingerprint density at radius 1 is 1.35 bits per heavy atom. The third kappa shape index (κ3) is 3.71. The average molecular weight is 287 g/mol. The lowest BCUT2D eigenvalue weighted by molar-refractivity contribution is -0.111. The van der Waals surface area contributed by atoms with Gasteiger partial charge in [-0.2, -0.15) is 0 Å². The highest BCUT2D eigenvalue weighted by Gasteiger charge is 2.04. The number of hydrogen-bond donors (Lipinski definition) is 2. The number of aromatic hydroxyl groups is 1. The van der Waals surface area contributed by atoms with Crippen LogP contribution >= 0.6 is 11.3 Å². The van der Waals surface area contributed by atoms with E-state index in [2.05, 4.69) is 5.32 Å². The molecule has 0 unspecified atom stereocenters. The first kappa shape index (κ1) is 14.3. The van der Waals surface area contributed by atoms with Gasteiger partial charge in [0.25, 0.3) is 0 Å². The van der Waals surface area contributed by atoms with Crippen LogP contribution in [0.15, 0.2) is 41.8 Å². The molecule has 0 radical (unpaired) electrons. The molecule has 20 heavy (non-hydrogen) atoms. The van der Waals surface area contributed by atoms with Gasteiger partial charge in [-0.05, 0) is 54.6 Å². The average Bonchev–Trinajstić information content (AvgIpc) is 2.89. The molecule has 0 bridgehead atoms. The van der Waals surface area contributed by atoms with Gasteiger partial charge in [-0.1, -0.05) is 12.1 Å². The maximum Gasteiger partial charge on any atom is 0.248 e. The quantitative estimate of drug-likeness (QED) is 0.663. The molecule has 1 heterocycles. The highest BCUT2D eigenvalue weighted by Crippen LogP contribution is 2.25. The van der Waals surface area contributed by atoms with E-state index in [0.717, 1.165) is 17.5 Å². The third-order valence-electron chi connectivity index (χ3n) is 2.93. The minimum atomic E-state index is -0.161. The highest BCUT2D eigenvalue weighted by atomic mass is 32.1. The van der Waals surface area contributed by atoms with Crippen LogP contribution in [0.2, 0.25) is 0 Å². The number of thiophene rings is 1. The number of amides is 1. The Morgan fingerprint density at radius 3 is 2.65 bits per heavy atom. The number of carbonyl (C=O) groups excluding carboxylic acids is 1. The van der Waals surface area contributed by atoms with Crippen molar-refractivity contribution in [3.63, 3.8) is 0 Å². The van der Waals surface area contributed by atoms with E-state index in [1.807, 2.05) is 37.4 Å². The standard InChI is InChI=1S/C16H17NO2S/c1-11-9-13(10-12(2)16(11)19)17-15(18)7-3-5-14-6-4-8-20-14/h3-4,6-10,19H,5H2,1-2H3,(H,17,18)/b7-3+. The number of aryl methyl sites for hydroxylation is 2. The molecule has 0 saturated heterocycles. The van der Waals surface area contributed by atoms with Gasteiger partial charge in [-0.3, -0.25) is 4.79 Å². The van der Waals surface area contributed by atoms with E-state index in [1.54, 1.807) is 23.5 Å². The Labute approximate surface area is 122 Å². The number of rotatable bonds is 4. The van der Waals surface area contributed by atoms with Crippen molar-refractivity contribution < 1.29 is 9.90 Å². The highest BCUT2D eigenvalue weighted by molar-refractivity contribution is 7.09. The third-order valence-corrected chi connectivity index (χ3v) is 3.83. The van der Waals surface area contributed by atoms with E-state index < -0.39 is 0 Å². The molecule has 0 atom stereocenters. The van der Waals surface area contributed by atoms with E-state index >= 15 is 0 Å². The molecule has 2 rings (SSSR count). The number of benzene rings is 1. The predicted octanol–water partition coefficient (Wildman–Crippen LogP) is 3.81. The van der Waals surface area contributed by atoms with E-state index in [0.29, 0.717) is 5.69 Å². The van der Waals surface area contributed by atoms with Crippen LogP contribution in [-0.4, -0.2) is 11.0 Å². The molecular formula is C16H17NO2S. The van der Waals surface area contributed by atoms with Crippen LogP contribution < -0.4 is 5.32 Å². The van der Waals surface area contributed by atoms with Gasteiger partial charge in [-0.25, -0.2) is 0 Å². The summed E-state index contributed by atoms with van der Waals surface area (Å²) in [5, 5.41) is 14.5. The maximum absolute atomic E-state index is 11.8. The summed E-state index contributed by atoms with van der Waals surface area (Å²) in [4.78, 5) is 13.0. The first-order valence-electron chi connectivity index (χ1n) is 6.36. The lowest BCUT2D eigenvalue weighted by atomic mass is 10.1. The summed E-state index contributed by atoms with van der Waals surface area (Å²) in [6.07, 6.45) is 4.15. The Kier molecular flexibility index (Phi) is 4.58. The molecule has 1 aromatic heterocycles. The molecule has 0 saturated carbocycles. The molecule has 2 N–H and O–H groups in total. The van der Waals surface area contributed by atoms with Gasteiger partial charge >= 0.3 is 0 Å². The maximum atomic E-state index is 11.8. The summed E-state index contributed by atoms with van der Waals surface area (Å²) >= 11 is 1.67. The molecule has 0 aliphatic rings. The largest absolute Gasteiger partial charge is 0.507 e. The summed E-state index contributed by atoms with van der Waals surface area (Å²) < 4.78 is 0. The molecule has 0 spiro atoms. The fourth-order valence-electron chi connectivity index (χ4n) is 1.92. The smallest absolute Gasteiger partial charge is 0.248 e. The fraction of sp³-hybridized carbons (Fsp3) is 0.188. The van der Waals surface area contributed by atoms with Crippen LogP contribution in [0.4, 0.5) is 5.69 Å². The first-order valence-corrected chi connectivity index (χ1v) is 7.24. The van der Waals surface area contributed by atoms with Gasteiger partial charge in [0.1, 0.15) is 5.75 Å². The SMILES string of the molecule is Cc1cc(NC(=O)/C=C/Cc2cccs2)cc(C)c1O. The van der Waals surface area contributed by atoms with Crippen molar-refractivity contribution in [3.05, 3.63) is 57.8 Å². The van der Waals surface area contributed by atoms with Gasteiger partial charge in [0, 0.05) is 17.0 Å². The zero-order chi connectivity index (χ0) is 14.5. The van der Waals surface area contributed by atoms with Crippen molar-refractivity contribution >= 4 is 22.9 Å². The van der Waals surface area contributed by atoms with Crippen LogP contribution in [-0.2, 0) is 11.2 Å². The normalized spacial score (nSPS) is 10.9. The summed E-state index contributed by atoms with van der Waals surface area (Å²) in [7, 11) is 0. The van der Waals surface area contributed by atoms with E-state index in [1.165, 1.54) is 11.0 Å². The van der Waals surface area contributed by atoms with Crippen molar-refractivity contribution in [3.8, 4) is 5.75 Å². The number of phenolic OH excluding ortho intramolecular Hbond substituents is 1. The Bertz CT molecular complexity index is 607. The van der Waals surface area contributed by atoms with Crippen molar-refractivity contribution in [2.45, 2.75) is 20.3 Å². The lowest BCUT2D eigenvalue weighted by Gasteiger charge is -2.08. The van der Waals surface area contributed by atoms with Gasteiger partial charge in [0.15, 0.2) is 0 Å². The monoisotopic (exact) mass is 287 g/mol. The van der Waals surface area contributed by atoms with E-state index in [-0.39, 0.29) is 11.7 Å². The van der Waals surface area contributed by atoms with Gasteiger partial charge < -0.3 is 10.4 Å². The zero-order valence-corrected chi connectivity index (χ0v) is 12.3. The van der Waals surface area contributed by atoms with Crippen LogP contribution in [0.5, 0.6) is 5.75 Å². The van der Waals surface area contributed by atoms with Gasteiger partial charge in [0.05, 0.1) is 0 Å².